The first kappa shape index (κ1) is 22.4. The third kappa shape index (κ3) is 6.09. The average Bonchev–Trinajstić information content (AvgIpc) is 2.83. The van der Waals surface area contributed by atoms with Gasteiger partial charge < -0.3 is 19.5 Å². The number of hydrogen-bond donors (Lipinski definition) is 2. The van der Waals surface area contributed by atoms with Crippen molar-refractivity contribution in [3.8, 4) is 17.2 Å². The molecule has 0 saturated heterocycles. The number of carbonyl (C=O) groups excluding carboxylic acids is 2. The van der Waals surface area contributed by atoms with Gasteiger partial charge in [0.2, 0.25) is 0 Å². The number of hydrogen-bond acceptors (Lipinski definition) is 6. The number of anilines is 1. The predicted octanol–water partition coefficient (Wildman–Crippen LogP) is 3.49. The second-order valence-electron chi connectivity index (χ2n) is 6.51. The van der Waals surface area contributed by atoms with Gasteiger partial charge in [-0.05, 0) is 42.5 Å². The molecule has 0 heterocycles. The smallest absolute Gasteiger partial charge is 0.271 e. The van der Waals surface area contributed by atoms with Crippen LogP contribution in [0.3, 0.4) is 0 Å². The Bertz CT molecular complexity index is 1100. The summed E-state index contributed by atoms with van der Waals surface area (Å²) in [7, 11) is 3.02. The van der Waals surface area contributed by atoms with Crippen molar-refractivity contribution in [2.45, 2.75) is 0 Å². The zero-order valence-corrected chi connectivity index (χ0v) is 17.7. The molecule has 3 aromatic rings. The van der Waals surface area contributed by atoms with E-state index in [1.54, 1.807) is 54.6 Å². The first-order valence-corrected chi connectivity index (χ1v) is 9.73. The highest BCUT2D eigenvalue weighted by Gasteiger charge is 2.10. The van der Waals surface area contributed by atoms with E-state index in [0.717, 1.165) is 0 Å². The number of nitrogens with one attached hydrogen (secondary N) is 2. The van der Waals surface area contributed by atoms with E-state index < -0.39 is 5.91 Å². The third-order valence-corrected chi connectivity index (χ3v) is 4.35. The van der Waals surface area contributed by atoms with E-state index in [1.807, 2.05) is 18.2 Å². The Kier molecular flexibility index (Phi) is 7.80. The number of carbonyl (C=O) groups is 2. The highest BCUT2D eigenvalue weighted by Crippen LogP contribution is 2.27. The molecule has 0 spiro atoms. The lowest BCUT2D eigenvalue weighted by Gasteiger charge is -2.10. The molecule has 2 amide bonds. The van der Waals surface area contributed by atoms with Crippen molar-refractivity contribution in [2.75, 3.05) is 26.1 Å². The molecule has 2 N–H and O–H groups in total. The summed E-state index contributed by atoms with van der Waals surface area (Å²) in [5.74, 6) is 0.721. The SMILES string of the molecule is COc1ccc(C(=O)N/N=C/c2ccccc2OCC(=O)Nc2ccccc2)cc1OC. The van der Waals surface area contributed by atoms with Crippen LogP contribution in [0.1, 0.15) is 15.9 Å². The minimum atomic E-state index is -0.414. The molecule has 32 heavy (non-hydrogen) atoms. The molecule has 0 aromatic heterocycles. The Morgan fingerprint density at radius 3 is 2.34 bits per heavy atom. The van der Waals surface area contributed by atoms with E-state index >= 15 is 0 Å². The normalized spacial score (nSPS) is 10.4. The molecule has 8 nitrogen and oxygen atoms in total. The molecule has 0 atom stereocenters. The van der Waals surface area contributed by atoms with E-state index in [9.17, 15) is 9.59 Å². The van der Waals surface area contributed by atoms with E-state index in [0.29, 0.717) is 34.1 Å². The summed E-state index contributed by atoms with van der Waals surface area (Å²) in [6.45, 7) is -0.169. The first-order chi connectivity index (χ1) is 15.6. The van der Waals surface area contributed by atoms with Crippen molar-refractivity contribution in [3.63, 3.8) is 0 Å². The van der Waals surface area contributed by atoms with Gasteiger partial charge in [0.25, 0.3) is 11.8 Å². The number of amides is 2. The zero-order chi connectivity index (χ0) is 22.8. The molecule has 0 radical (unpaired) electrons. The van der Waals surface area contributed by atoms with Crippen LogP contribution in [0, 0.1) is 0 Å². The average molecular weight is 433 g/mol. The topological polar surface area (TPSA) is 98.3 Å². The minimum absolute atomic E-state index is 0.169. The maximum Gasteiger partial charge on any atom is 0.271 e. The highest BCUT2D eigenvalue weighted by molar-refractivity contribution is 5.96. The van der Waals surface area contributed by atoms with Crippen molar-refractivity contribution in [1.29, 1.82) is 0 Å². The van der Waals surface area contributed by atoms with Gasteiger partial charge in [-0.25, -0.2) is 5.43 Å². The number of ether oxygens (including phenoxy) is 3. The molecule has 0 aliphatic heterocycles. The highest BCUT2D eigenvalue weighted by atomic mass is 16.5. The number of benzene rings is 3. The summed E-state index contributed by atoms with van der Waals surface area (Å²) in [5, 5.41) is 6.75. The molecular formula is C24H23N3O5. The fraction of sp³-hybridized carbons (Fsp3) is 0.125. The predicted molar refractivity (Wildman–Crippen MR) is 122 cm³/mol. The molecule has 0 unspecified atom stereocenters. The third-order valence-electron chi connectivity index (χ3n) is 4.35. The van der Waals surface area contributed by atoms with Crippen molar-refractivity contribution in [2.24, 2.45) is 5.10 Å². The molecule has 0 fully saturated rings. The molecule has 3 rings (SSSR count). The number of methoxy groups -OCH3 is 2. The summed E-state index contributed by atoms with van der Waals surface area (Å²) in [5.41, 5.74) is 4.12. The lowest BCUT2D eigenvalue weighted by Crippen LogP contribution is -2.20. The maximum atomic E-state index is 12.4. The fourth-order valence-corrected chi connectivity index (χ4v) is 2.78. The van der Waals surface area contributed by atoms with Gasteiger partial charge in [-0.15, -0.1) is 0 Å². The second-order valence-corrected chi connectivity index (χ2v) is 6.51. The van der Waals surface area contributed by atoms with Gasteiger partial charge in [0.1, 0.15) is 5.75 Å². The van der Waals surface area contributed by atoms with Gasteiger partial charge in [0, 0.05) is 16.8 Å². The van der Waals surface area contributed by atoms with Gasteiger partial charge in [-0.3, -0.25) is 9.59 Å². The van der Waals surface area contributed by atoms with E-state index in [4.69, 9.17) is 14.2 Å². The van der Waals surface area contributed by atoms with Gasteiger partial charge >= 0.3 is 0 Å². The van der Waals surface area contributed by atoms with Gasteiger partial charge in [0.15, 0.2) is 18.1 Å². The number of nitrogens with zero attached hydrogens (tertiary/aromatic N) is 1. The van der Waals surface area contributed by atoms with E-state index in [2.05, 4.69) is 15.8 Å². The monoisotopic (exact) mass is 433 g/mol. The van der Waals surface area contributed by atoms with Crippen LogP contribution in [0.2, 0.25) is 0 Å². The number of para-hydroxylation sites is 2. The number of rotatable bonds is 9. The fourth-order valence-electron chi connectivity index (χ4n) is 2.78. The zero-order valence-electron chi connectivity index (χ0n) is 17.7. The van der Waals surface area contributed by atoms with Crippen LogP contribution >= 0.6 is 0 Å². The Labute approximate surface area is 185 Å². The van der Waals surface area contributed by atoms with Crippen LogP contribution in [0.15, 0.2) is 77.9 Å². The summed E-state index contributed by atoms with van der Waals surface area (Å²) < 4.78 is 16.0. The Morgan fingerprint density at radius 1 is 0.875 bits per heavy atom. The van der Waals surface area contributed by atoms with Crippen molar-refractivity contribution < 1.29 is 23.8 Å². The number of hydrazone groups is 1. The van der Waals surface area contributed by atoms with Crippen LogP contribution in [0.4, 0.5) is 5.69 Å². The Morgan fingerprint density at radius 2 is 1.59 bits per heavy atom. The lowest BCUT2D eigenvalue weighted by molar-refractivity contribution is -0.118. The van der Waals surface area contributed by atoms with E-state index in [-0.39, 0.29) is 12.5 Å². The molecule has 0 saturated carbocycles. The van der Waals surface area contributed by atoms with Crippen LogP contribution in [0.25, 0.3) is 0 Å². The second kappa shape index (κ2) is 11.2. The Hall–Kier alpha value is -4.33. The molecule has 3 aromatic carbocycles. The van der Waals surface area contributed by atoms with Crippen molar-refractivity contribution >= 4 is 23.7 Å². The summed E-state index contributed by atoms with van der Waals surface area (Å²) in [4.78, 5) is 24.5. The molecule has 0 aliphatic rings. The molecular weight excluding hydrogens is 410 g/mol. The van der Waals surface area contributed by atoms with E-state index in [1.165, 1.54) is 20.4 Å². The van der Waals surface area contributed by atoms with Crippen LogP contribution in [-0.2, 0) is 4.79 Å². The molecule has 8 heteroatoms. The summed E-state index contributed by atoms with van der Waals surface area (Å²) in [6.07, 6.45) is 1.45. The van der Waals surface area contributed by atoms with Gasteiger partial charge in [-0.2, -0.15) is 5.10 Å². The van der Waals surface area contributed by atoms with Crippen molar-refractivity contribution in [1.82, 2.24) is 5.43 Å². The van der Waals surface area contributed by atoms with Crippen molar-refractivity contribution in [3.05, 3.63) is 83.9 Å². The standard InChI is InChI=1S/C24H23N3O5/c1-30-21-13-12-17(14-22(21)31-2)24(29)27-25-15-18-8-6-7-11-20(18)32-16-23(28)26-19-9-4-3-5-10-19/h3-15H,16H2,1-2H3,(H,26,28)(H,27,29)/b25-15+. The molecule has 0 aliphatic carbocycles. The minimum Gasteiger partial charge on any atom is -0.493 e. The van der Waals surface area contributed by atoms with Crippen LogP contribution in [-0.4, -0.2) is 38.9 Å². The lowest BCUT2D eigenvalue weighted by atomic mass is 10.2. The Balaban J connectivity index is 1.59. The largest absolute Gasteiger partial charge is 0.493 e. The van der Waals surface area contributed by atoms with Crippen LogP contribution < -0.4 is 25.0 Å². The quantitative estimate of drug-likeness (QED) is 0.398. The first-order valence-electron chi connectivity index (χ1n) is 9.73. The molecule has 0 bridgehead atoms. The summed E-state index contributed by atoms with van der Waals surface area (Å²) >= 11 is 0. The van der Waals surface area contributed by atoms with Gasteiger partial charge in [-0.1, -0.05) is 30.3 Å². The van der Waals surface area contributed by atoms with Crippen LogP contribution in [0.5, 0.6) is 17.2 Å². The molecule has 164 valence electrons. The van der Waals surface area contributed by atoms with Gasteiger partial charge in [0.05, 0.1) is 20.4 Å². The maximum absolute atomic E-state index is 12.4. The summed E-state index contributed by atoms with van der Waals surface area (Å²) in [6, 6.07) is 21.0.